The van der Waals surface area contributed by atoms with Gasteiger partial charge in [-0.2, -0.15) is 0 Å². The molecule has 2 N–H and O–H groups in total. The summed E-state index contributed by atoms with van der Waals surface area (Å²) in [5, 5.41) is 6.70. The summed E-state index contributed by atoms with van der Waals surface area (Å²) in [5.41, 5.74) is 1.16. The Hall–Kier alpha value is -2.48. The van der Waals surface area contributed by atoms with E-state index in [-0.39, 0.29) is 12.4 Å². The van der Waals surface area contributed by atoms with Crippen molar-refractivity contribution in [3.05, 3.63) is 23.8 Å². The van der Waals surface area contributed by atoms with Crippen LogP contribution >= 0.6 is 0 Å². The number of aliphatic imine (C=N–C) groups is 1. The first-order valence-electron chi connectivity index (χ1n) is 9.63. The number of benzene rings is 1. The van der Waals surface area contributed by atoms with E-state index in [4.69, 9.17) is 9.47 Å². The standard InChI is InChI=1S/C20H32N4O4/c1-5-21-20(22-8-6-19(25)28-4)23-16-7-9-24(14-16)13-15-10-17(26-2)12-18(11-15)27-3/h10-12,16H,5-9,13-14H2,1-4H3,(H2,21,22,23). The van der Waals surface area contributed by atoms with Crippen LogP contribution in [0.3, 0.4) is 0 Å². The van der Waals surface area contributed by atoms with Crippen molar-refractivity contribution in [1.29, 1.82) is 0 Å². The summed E-state index contributed by atoms with van der Waals surface area (Å²) < 4.78 is 15.4. The third-order valence-electron chi connectivity index (χ3n) is 4.59. The number of rotatable bonds is 9. The molecule has 0 aromatic heterocycles. The fourth-order valence-electron chi connectivity index (χ4n) is 3.18. The van der Waals surface area contributed by atoms with E-state index in [1.54, 1.807) is 14.2 Å². The molecule has 2 rings (SSSR count). The predicted molar refractivity (Wildman–Crippen MR) is 109 cm³/mol. The maximum absolute atomic E-state index is 11.2. The summed E-state index contributed by atoms with van der Waals surface area (Å²) in [6.45, 7) is 5.95. The molecule has 1 fully saturated rings. The van der Waals surface area contributed by atoms with Gasteiger partial charge in [0.2, 0.25) is 0 Å². The normalized spacial score (nSPS) is 17.3. The number of hydrogen-bond acceptors (Lipinski definition) is 6. The number of nitrogens with zero attached hydrogens (tertiary/aromatic N) is 2. The highest BCUT2D eigenvalue weighted by molar-refractivity contribution is 5.80. The van der Waals surface area contributed by atoms with E-state index in [1.165, 1.54) is 7.11 Å². The topological polar surface area (TPSA) is 84.4 Å². The SMILES string of the molecule is CCNC(=NCCC(=O)OC)NC1CCN(Cc2cc(OC)cc(OC)c2)C1. The Kier molecular flexibility index (Phi) is 8.87. The first kappa shape index (κ1) is 21.8. The minimum Gasteiger partial charge on any atom is -0.497 e. The van der Waals surface area contributed by atoms with Crippen molar-refractivity contribution in [2.45, 2.75) is 32.4 Å². The first-order valence-corrected chi connectivity index (χ1v) is 9.63. The second-order valence-corrected chi connectivity index (χ2v) is 6.67. The van der Waals surface area contributed by atoms with Crippen LogP contribution < -0.4 is 20.1 Å². The molecule has 1 unspecified atom stereocenters. The van der Waals surface area contributed by atoms with Crippen LogP contribution in [-0.4, -0.2) is 70.4 Å². The summed E-state index contributed by atoms with van der Waals surface area (Å²) in [4.78, 5) is 18.1. The molecule has 1 heterocycles. The molecule has 0 spiro atoms. The van der Waals surface area contributed by atoms with E-state index in [0.717, 1.165) is 55.6 Å². The fraction of sp³-hybridized carbons (Fsp3) is 0.600. The predicted octanol–water partition coefficient (Wildman–Crippen LogP) is 1.40. The minimum atomic E-state index is -0.250. The van der Waals surface area contributed by atoms with Gasteiger partial charge in [0.15, 0.2) is 5.96 Å². The minimum absolute atomic E-state index is 0.250. The van der Waals surface area contributed by atoms with Gasteiger partial charge >= 0.3 is 5.97 Å². The summed E-state index contributed by atoms with van der Waals surface area (Å²) in [6, 6.07) is 6.28. The Morgan fingerprint density at radius 1 is 1.21 bits per heavy atom. The second kappa shape index (κ2) is 11.4. The zero-order valence-corrected chi connectivity index (χ0v) is 17.3. The molecule has 0 aliphatic carbocycles. The number of likely N-dealkylation sites (tertiary alicyclic amines) is 1. The Bertz CT molecular complexity index is 643. The summed E-state index contributed by atoms with van der Waals surface area (Å²) >= 11 is 0. The zero-order chi connectivity index (χ0) is 20.4. The Morgan fingerprint density at radius 3 is 2.54 bits per heavy atom. The number of nitrogens with one attached hydrogen (secondary N) is 2. The highest BCUT2D eigenvalue weighted by Gasteiger charge is 2.23. The lowest BCUT2D eigenvalue weighted by atomic mass is 10.2. The molecule has 156 valence electrons. The summed E-state index contributed by atoms with van der Waals surface area (Å²) in [6.07, 6.45) is 1.31. The lowest BCUT2D eigenvalue weighted by molar-refractivity contribution is -0.140. The van der Waals surface area contributed by atoms with Gasteiger partial charge in [0.1, 0.15) is 11.5 Å². The van der Waals surface area contributed by atoms with Crippen molar-refractivity contribution in [2.75, 3.05) is 47.5 Å². The van der Waals surface area contributed by atoms with Gasteiger partial charge in [-0.3, -0.25) is 14.7 Å². The molecular weight excluding hydrogens is 360 g/mol. The van der Waals surface area contributed by atoms with Crippen LogP contribution in [0.2, 0.25) is 0 Å². The van der Waals surface area contributed by atoms with Crippen molar-refractivity contribution in [1.82, 2.24) is 15.5 Å². The molecule has 0 amide bonds. The van der Waals surface area contributed by atoms with Gasteiger partial charge in [0.25, 0.3) is 0 Å². The summed E-state index contributed by atoms with van der Waals surface area (Å²) in [7, 11) is 4.72. The highest BCUT2D eigenvalue weighted by Crippen LogP contribution is 2.24. The molecule has 1 aromatic carbocycles. The quantitative estimate of drug-likeness (QED) is 0.373. The van der Waals surface area contributed by atoms with Crippen LogP contribution in [-0.2, 0) is 16.1 Å². The van der Waals surface area contributed by atoms with E-state index in [0.29, 0.717) is 12.6 Å². The molecular formula is C20H32N4O4. The van der Waals surface area contributed by atoms with E-state index in [9.17, 15) is 4.79 Å². The number of carbonyl (C=O) groups excluding carboxylic acids is 1. The maximum Gasteiger partial charge on any atom is 0.307 e. The Morgan fingerprint density at radius 2 is 1.93 bits per heavy atom. The average molecular weight is 393 g/mol. The van der Waals surface area contributed by atoms with Gasteiger partial charge in [-0.1, -0.05) is 0 Å². The van der Waals surface area contributed by atoms with Crippen LogP contribution in [0.15, 0.2) is 23.2 Å². The highest BCUT2D eigenvalue weighted by atomic mass is 16.5. The number of carbonyl (C=O) groups is 1. The summed E-state index contributed by atoms with van der Waals surface area (Å²) in [5.74, 6) is 2.09. The van der Waals surface area contributed by atoms with Gasteiger partial charge in [-0.05, 0) is 31.0 Å². The lowest BCUT2D eigenvalue weighted by Crippen LogP contribution is -2.44. The molecule has 8 nitrogen and oxygen atoms in total. The van der Waals surface area contributed by atoms with E-state index < -0.39 is 0 Å². The Balaban J connectivity index is 1.89. The molecule has 28 heavy (non-hydrogen) atoms. The van der Waals surface area contributed by atoms with Crippen LogP contribution in [0.5, 0.6) is 11.5 Å². The maximum atomic E-state index is 11.2. The zero-order valence-electron chi connectivity index (χ0n) is 17.3. The first-order chi connectivity index (χ1) is 13.6. The molecule has 1 saturated heterocycles. The molecule has 0 bridgehead atoms. The van der Waals surface area contributed by atoms with Gasteiger partial charge in [0, 0.05) is 38.3 Å². The van der Waals surface area contributed by atoms with E-state index in [2.05, 4.69) is 25.3 Å². The molecule has 8 heteroatoms. The fourth-order valence-corrected chi connectivity index (χ4v) is 3.18. The van der Waals surface area contributed by atoms with Crippen molar-refractivity contribution in [2.24, 2.45) is 4.99 Å². The third-order valence-corrected chi connectivity index (χ3v) is 4.59. The lowest BCUT2D eigenvalue weighted by Gasteiger charge is -2.19. The largest absolute Gasteiger partial charge is 0.497 e. The molecule has 0 radical (unpaired) electrons. The van der Waals surface area contributed by atoms with Gasteiger partial charge in [0.05, 0.1) is 34.3 Å². The van der Waals surface area contributed by atoms with Gasteiger partial charge < -0.3 is 24.8 Å². The Labute approximate surface area is 167 Å². The van der Waals surface area contributed by atoms with Gasteiger partial charge in [-0.25, -0.2) is 0 Å². The van der Waals surface area contributed by atoms with Crippen molar-refractivity contribution >= 4 is 11.9 Å². The van der Waals surface area contributed by atoms with Crippen LogP contribution in [0.25, 0.3) is 0 Å². The third kappa shape index (κ3) is 6.92. The monoisotopic (exact) mass is 392 g/mol. The number of methoxy groups -OCH3 is 3. The van der Waals surface area contributed by atoms with E-state index >= 15 is 0 Å². The van der Waals surface area contributed by atoms with Crippen molar-refractivity contribution < 1.29 is 19.0 Å². The number of ether oxygens (including phenoxy) is 3. The second-order valence-electron chi connectivity index (χ2n) is 6.67. The smallest absolute Gasteiger partial charge is 0.307 e. The average Bonchev–Trinajstić information content (AvgIpc) is 3.14. The van der Waals surface area contributed by atoms with Crippen LogP contribution in [0, 0.1) is 0 Å². The molecule has 1 aliphatic rings. The number of guanidine groups is 1. The van der Waals surface area contributed by atoms with Gasteiger partial charge in [-0.15, -0.1) is 0 Å². The molecule has 0 saturated carbocycles. The molecule has 1 aromatic rings. The van der Waals surface area contributed by atoms with E-state index in [1.807, 2.05) is 25.1 Å². The molecule has 1 atom stereocenters. The number of esters is 1. The van der Waals surface area contributed by atoms with Crippen LogP contribution in [0.4, 0.5) is 0 Å². The molecule has 1 aliphatic heterocycles. The van der Waals surface area contributed by atoms with Crippen molar-refractivity contribution in [3.8, 4) is 11.5 Å². The van der Waals surface area contributed by atoms with Crippen molar-refractivity contribution in [3.63, 3.8) is 0 Å². The van der Waals surface area contributed by atoms with Crippen LogP contribution in [0.1, 0.15) is 25.3 Å². The number of hydrogen-bond donors (Lipinski definition) is 2.